The van der Waals surface area contributed by atoms with E-state index in [2.05, 4.69) is 15.3 Å². The molecule has 7 nitrogen and oxygen atoms in total. The molecule has 0 saturated carbocycles. The second kappa shape index (κ2) is 6.55. The SMILES string of the molecule is CN1C(=O)CC(C)(c2cccc(NC(=O)c3ccc(F)cn3)c2)N=C1N. The summed E-state index contributed by atoms with van der Waals surface area (Å²) in [6.45, 7) is 1.81. The van der Waals surface area contributed by atoms with Crippen LogP contribution in [0.15, 0.2) is 47.6 Å². The lowest BCUT2D eigenvalue weighted by atomic mass is 9.87. The lowest BCUT2D eigenvalue weighted by Gasteiger charge is -2.33. The third kappa shape index (κ3) is 3.39. The Labute approximate surface area is 149 Å². The zero-order valence-corrected chi connectivity index (χ0v) is 14.4. The number of carbonyl (C=O) groups excluding carboxylic acids is 2. The molecule has 1 aliphatic heterocycles. The summed E-state index contributed by atoms with van der Waals surface area (Å²) < 4.78 is 12.9. The minimum Gasteiger partial charge on any atom is -0.369 e. The van der Waals surface area contributed by atoms with Crippen LogP contribution in [0.25, 0.3) is 0 Å². The fraction of sp³-hybridized carbons (Fsp3) is 0.222. The van der Waals surface area contributed by atoms with Crippen LogP contribution in [0, 0.1) is 5.82 Å². The highest BCUT2D eigenvalue weighted by Gasteiger charge is 2.36. The van der Waals surface area contributed by atoms with Crippen molar-refractivity contribution in [1.82, 2.24) is 9.88 Å². The first kappa shape index (κ1) is 17.5. The highest BCUT2D eigenvalue weighted by Crippen LogP contribution is 2.34. The van der Waals surface area contributed by atoms with Crippen LogP contribution in [0.3, 0.4) is 0 Å². The van der Waals surface area contributed by atoms with Crippen molar-refractivity contribution in [2.24, 2.45) is 10.7 Å². The molecule has 0 saturated heterocycles. The normalized spacial score (nSPS) is 19.9. The Bertz CT molecular complexity index is 897. The van der Waals surface area contributed by atoms with Gasteiger partial charge in [0.1, 0.15) is 11.5 Å². The van der Waals surface area contributed by atoms with Gasteiger partial charge in [0, 0.05) is 12.7 Å². The van der Waals surface area contributed by atoms with Crippen molar-refractivity contribution >= 4 is 23.5 Å². The van der Waals surface area contributed by atoms with E-state index in [-0.39, 0.29) is 24.0 Å². The predicted molar refractivity (Wildman–Crippen MR) is 95.0 cm³/mol. The molecule has 1 aromatic carbocycles. The number of halogens is 1. The number of aliphatic imine (C=N–C) groups is 1. The van der Waals surface area contributed by atoms with Gasteiger partial charge in [-0.15, -0.1) is 0 Å². The Hall–Kier alpha value is -3.29. The molecule has 134 valence electrons. The number of carbonyl (C=O) groups is 2. The summed E-state index contributed by atoms with van der Waals surface area (Å²) in [5, 5.41) is 2.71. The molecule has 0 radical (unpaired) electrons. The number of hydrogen-bond acceptors (Lipinski definition) is 5. The molecule has 26 heavy (non-hydrogen) atoms. The monoisotopic (exact) mass is 355 g/mol. The number of nitrogens with one attached hydrogen (secondary N) is 1. The van der Waals surface area contributed by atoms with E-state index in [0.717, 1.165) is 11.8 Å². The van der Waals surface area contributed by atoms with Gasteiger partial charge in [-0.1, -0.05) is 12.1 Å². The third-order valence-electron chi connectivity index (χ3n) is 4.28. The summed E-state index contributed by atoms with van der Waals surface area (Å²) in [4.78, 5) is 33.9. The van der Waals surface area contributed by atoms with Gasteiger partial charge in [-0.05, 0) is 36.8 Å². The molecule has 3 N–H and O–H groups in total. The average Bonchev–Trinajstić information content (AvgIpc) is 2.60. The number of rotatable bonds is 3. The van der Waals surface area contributed by atoms with E-state index in [1.54, 1.807) is 25.2 Å². The molecule has 1 aromatic heterocycles. The second-order valence-corrected chi connectivity index (χ2v) is 6.27. The molecule has 3 rings (SSSR count). The smallest absolute Gasteiger partial charge is 0.274 e. The summed E-state index contributed by atoms with van der Waals surface area (Å²) >= 11 is 0. The first-order valence-electron chi connectivity index (χ1n) is 7.94. The van der Waals surface area contributed by atoms with Gasteiger partial charge in [0.15, 0.2) is 5.96 Å². The van der Waals surface area contributed by atoms with Gasteiger partial charge < -0.3 is 11.1 Å². The molecule has 1 aliphatic rings. The van der Waals surface area contributed by atoms with Crippen LogP contribution < -0.4 is 11.1 Å². The van der Waals surface area contributed by atoms with Crippen LogP contribution in [0.4, 0.5) is 10.1 Å². The topological polar surface area (TPSA) is 101 Å². The summed E-state index contributed by atoms with van der Waals surface area (Å²) in [5.74, 6) is -0.965. The zero-order valence-electron chi connectivity index (χ0n) is 14.4. The molecule has 0 fully saturated rings. The molecule has 2 aromatic rings. The van der Waals surface area contributed by atoms with E-state index in [1.807, 2.05) is 13.0 Å². The van der Waals surface area contributed by atoms with Gasteiger partial charge in [-0.2, -0.15) is 0 Å². The van der Waals surface area contributed by atoms with Gasteiger partial charge in [-0.3, -0.25) is 14.5 Å². The molecule has 8 heteroatoms. The fourth-order valence-electron chi connectivity index (χ4n) is 2.71. The third-order valence-corrected chi connectivity index (χ3v) is 4.28. The maximum Gasteiger partial charge on any atom is 0.274 e. The van der Waals surface area contributed by atoms with E-state index in [9.17, 15) is 14.0 Å². The highest BCUT2D eigenvalue weighted by atomic mass is 19.1. The number of nitrogens with two attached hydrogens (primary N) is 1. The van der Waals surface area contributed by atoms with E-state index in [4.69, 9.17) is 5.73 Å². The summed E-state index contributed by atoms with van der Waals surface area (Å²) in [6.07, 6.45) is 1.15. The van der Waals surface area contributed by atoms with E-state index in [0.29, 0.717) is 5.69 Å². The van der Waals surface area contributed by atoms with Crippen molar-refractivity contribution < 1.29 is 14.0 Å². The van der Waals surface area contributed by atoms with E-state index in [1.165, 1.54) is 17.0 Å². The number of pyridine rings is 1. The lowest BCUT2D eigenvalue weighted by molar-refractivity contribution is -0.128. The maximum absolute atomic E-state index is 12.9. The minimum absolute atomic E-state index is 0.0970. The van der Waals surface area contributed by atoms with Gasteiger partial charge >= 0.3 is 0 Å². The Kier molecular flexibility index (Phi) is 4.41. The molecular formula is C18H18FN5O2. The van der Waals surface area contributed by atoms with Gasteiger partial charge in [0.05, 0.1) is 18.2 Å². The van der Waals surface area contributed by atoms with Crippen molar-refractivity contribution in [3.05, 3.63) is 59.7 Å². The van der Waals surface area contributed by atoms with Crippen LogP contribution in [0.1, 0.15) is 29.4 Å². The number of hydrogen-bond donors (Lipinski definition) is 2. The van der Waals surface area contributed by atoms with Crippen LogP contribution in [-0.2, 0) is 10.3 Å². The van der Waals surface area contributed by atoms with Crippen molar-refractivity contribution in [3.8, 4) is 0 Å². The summed E-state index contributed by atoms with van der Waals surface area (Å²) in [5.41, 5.74) is 6.37. The Morgan fingerprint density at radius 1 is 1.35 bits per heavy atom. The first-order valence-corrected chi connectivity index (χ1v) is 7.94. The largest absolute Gasteiger partial charge is 0.369 e. The summed E-state index contributed by atoms with van der Waals surface area (Å²) in [6, 6.07) is 9.48. The minimum atomic E-state index is -0.817. The Morgan fingerprint density at radius 3 is 2.77 bits per heavy atom. The predicted octanol–water partition coefficient (Wildman–Crippen LogP) is 1.86. The van der Waals surface area contributed by atoms with Crippen molar-refractivity contribution in [2.45, 2.75) is 18.9 Å². The van der Waals surface area contributed by atoms with E-state index < -0.39 is 17.3 Å². The number of benzene rings is 1. The first-order chi connectivity index (χ1) is 12.3. The van der Waals surface area contributed by atoms with Crippen molar-refractivity contribution in [2.75, 3.05) is 12.4 Å². The molecule has 1 atom stereocenters. The van der Waals surface area contributed by atoms with Crippen LogP contribution >= 0.6 is 0 Å². The number of nitrogens with zero attached hydrogens (tertiary/aromatic N) is 3. The molecule has 0 spiro atoms. The van der Waals surface area contributed by atoms with Crippen LogP contribution in [0.5, 0.6) is 0 Å². The molecule has 2 heterocycles. The molecular weight excluding hydrogens is 337 g/mol. The quantitative estimate of drug-likeness (QED) is 0.877. The number of guanidine groups is 1. The van der Waals surface area contributed by atoms with Crippen molar-refractivity contribution in [1.29, 1.82) is 0 Å². The fourth-order valence-corrected chi connectivity index (χ4v) is 2.71. The highest BCUT2D eigenvalue weighted by molar-refractivity contribution is 6.03. The molecule has 2 amide bonds. The van der Waals surface area contributed by atoms with Gasteiger partial charge in [-0.25, -0.2) is 14.4 Å². The Morgan fingerprint density at radius 2 is 2.12 bits per heavy atom. The molecule has 0 bridgehead atoms. The average molecular weight is 355 g/mol. The van der Waals surface area contributed by atoms with Crippen molar-refractivity contribution in [3.63, 3.8) is 0 Å². The lowest BCUT2D eigenvalue weighted by Crippen LogP contribution is -2.47. The number of aromatic nitrogens is 1. The van der Waals surface area contributed by atoms with Crippen LogP contribution in [0.2, 0.25) is 0 Å². The van der Waals surface area contributed by atoms with Crippen LogP contribution in [-0.4, -0.2) is 34.7 Å². The standard InChI is InChI=1S/C18H18FN5O2/c1-18(9-15(25)24(2)17(20)23-18)11-4-3-5-13(8-11)22-16(26)14-7-6-12(19)10-21-14/h3-8,10H,9H2,1-2H3,(H2,20,23)(H,22,26). The molecule has 0 aliphatic carbocycles. The summed E-state index contributed by atoms with van der Waals surface area (Å²) in [7, 11) is 1.58. The van der Waals surface area contributed by atoms with Gasteiger partial charge in [0.25, 0.3) is 5.91 Å². The Balaban J connectivity index is 1.85. The molecule has 1 unspecified atom stereocenters. The number of anilines is 1. The number of amides is 2. The van der Waals surface area contributed by atoms with E-state index >= 15 is 0 Å². The second-order valence-electron chi connectivity index (χ2n) is 6.27. The van der Waals surface area contributed by atoms with Gasteiger partial charge in [0.2, 0.25) is 5.91 Å². The zero-order chi connectivity index (χ0) is 18.9. The maximum atomic E-state index is 12.9.